The van der Waals surface area contributed by atoms with Gasteiger partial charge in [0.25, 0.3) is 11.8 Å². The summed E-state index contributed by atoms with van der Waals surface area (Å²) < 4.78 is 13.0. The molecule has 9 heteroatoms. The average Bonchev–Trinajstić information content (AvgIpc) is 3.53. The molecular weight excluding hydrogens is 582 g/mol. The van der Waals surface area contributed by atoms with Crippen molar-refractivity contribution in [1.29, 1.82) is 0 Å². The molecule has 1 aromatic heterocycles. The van der Waals surface area contributed by atoms with E-state index in [9.17, 15) is 9.59 Å². The minimum absolute atomic E-state index is 0.00801. The highest BCUT2D eigenvalue weighted by molar-refractivity contribution is 7.95. The first-order valence-electron chi connectivity index (χ1n) is 16.0. The fourth-order valence-corrected chi connectivity index (χ4v) is 7.09. The summed E-state index contributed by atoms with van der Waals surface area (Å²) in [7, 11) is 7.49. The number of fused-ring (bicyclic) bond motifs is 5. The van der Waals surface area contributed by atoms with Gasteiger partial charge < -0.3 is 19.1 Å². The van der Waals surface area contributed by atoms with Gasteiger partial charge in [-0.25, -0.2) is 4.31 Å². The van der Waals surface area contributed by atoms with Gasteiger partial charge in [-0.1, -0.05) is 51.5 Å². The van der Waals surface area contributed by atoms with Crippen LogP contribution in [0.15, 0.2) is 54.2 Å². The fourth-order valence-electron chi connectivity index (χ4n) is 6.70. The van der Waals surface area contributed by atoms with Gasteiger partial charge in [0.1, 0.15) is 5.75 Å². The van der Waals surface area contributed by atoms with Gasteiger partial charge >= 0.3 is 0 Å². The molecule has 45 heavy (non-hydrogen) atoms. The summed E-state index contributed by atoms with van der Waals surface area (Å²) >= 11 is 1.25. The summed E-state index contributed by atoms with van der Waals surface area (Å²) in [5.41, 5.74) is 7.68. The Balaban J connectivity index is 1.74. The lowest BCUT2D eigenvalue weighted by Crippen LogP contribution is -2.36. The number of carbonyl (C=O) groups excluding carboxylic acids is 2. The predicted octanol–water partition coefficient (Wildman–Crippen LogP) is 6.93. The number of carbonyl (C=O) groups is 2. The van der Waals surface area contributed by atoms with Crippen LogP contribution in [0.1, 0.15) is 73.9 Å². The average molecular weight is 630 g/mol. The molecule has 8 nitrogen and oxygen atoms in total. The Labute approximate surface area is 272 Å². The van der Waals surface area contributed by atoms with Crippen LogP contribution in [0.5, 0.6) is 5.75 Å². The van der Waals surface area contributed by atoms with E-state index in [1.54, 1.807) is 7.11 Å². The van der Waals surface area contributed by atoms with Gasteiger partial charge in [-0.2, -0.15) is 0 Å². The monoisotopic (exact) mass is 629 g/mol. The van der Waals surface area contributed by atoms with E-state index in [1.807, 2.05) is 67.6 Å². The molecule has 1 saturated heterocycles. The number of aromatic nitrogens is 1. The fraction of sp³-hybridized carbons (Fsp3) is 0.444. The Hall–Kier alpha value is -3.69. The third-order valence-corrected chi connectivity index (χ3v) is 9.77. The zero-order valence-corrected chi connectivity index (χ0v) is 28.6. The van der Waals surface area contributed by atoms with Crippen molar-refractivity contribution in [2.75, 3.05) is 41.3 Å². The van der Waals surface area contributed by atoms with E-state index in [0.29, 0.717) is 36.7 Å². The summed E-state index contributed by atoms with van der Waals surface area (Å²) in [4.78, 5) is 31.7. The van der Waals surface area contributed by atoms with Gasteiger partial charge in [-0.15, -0.1) is 0 Å². The highest BCUT2D eigenvalue weighted by atomic mass is 32.2. The molecule has 2 aromatic carbocycles. The van der Waals surface area contributed by atoms with Gasteiger partial charge in [0, 0.05) is 71.1 Å². The Bertz CT molecular complexity index is 1640. The largest absolute Gasteiger partial charge is 0.496 e. The standard InChI is InChI=1S/C36H47N5O3S/c1-9-13-24(14-10-2)33-28-18-17-25(35(42)37-45-38(5)6)20-30(28)41-21-26(36(43)40(11-3)22-31-23(4)39(31)7)19-29-27(34(33)41)15-12-16-32(29)44-8/h12,15-20,24,31H,4,9-11,13-14,21-22H2,1-3,5-8H3,(H,37,42). The Kier molecular flexibility index (Phi) is 9.99. The van der Waals surface area contributed by atoms with Gasteiger partial charge in [0.15, 0.2) is 0 Å². The minimum Gasteiger partial charge on any atom is -0.496 e. The zero-order chi connectivity index (χ0) is 32.4. The molecule has 0 spiro atoms. The van der Waals surface area contributed by atoms with E-state index in [2.05, 4.69) is 46.7 Å². The molecule has 2 aliphatic rings. The van der Waals surface area contributed by atoms with Crippen molar-refractivity contribution in [3.63, 3.8) is 0 Å². The molecule has 3 heterocycles. The van der Waals surface area contributed by atoms with Crippen molar-refractivity contribution in [2.45, 2.75) is 65.0 Å². The lowest BCUT2D eigenvalue weighted by Gasteiger charge is -2.22. The Morgan fingerprint density at radius 3 is 2.44 bits per heavy atom. The van der Waals surface area contributed by atoms with Crippen LogP contribution in [0.3, 0.4) is 0 Å². The van der Waals surface area contributed by atoms with Gasteiger partial charge in [0.2, 0.25) is 0 Å². The number of nitrogens with one attached hydrogen (secondary N) is 1. The number of ether oxygens (including phenoxy) is 1. The van der Waals surface area contributed by atoms with Crippen molar-refractivity contribution < 1.29 is 14.3 Å². The third kappa shape index (κ3) is 6.38. The first-order chi connectivity index (χ1) is 21.6. The van der Waals surface area contributed by atoms with Gasteiger partial charge in [-0.05, 0) is 69.6 Å². The number of methoxy groups -OCH3 is 1. The van der Waals surface area contributed by atoms with Gasteiger partial charge in [0.05, 0.1) is 25.4 Å². The van der Waals surface area contributed by atoms with Crippen LogP contribution in [0.2, 0.25) is 0 Å². The maximum absolute atomic E-state index is 14.4. The third-order valence-electron chi connectivity index (χ3n) is 9.13. The van der Waals surface area contributed by atoms with Crippen molar-refractivity contribution in [3.05, 3.63) is 70.9 Å². The van der Waals surface area contributed by atoms with Crippen LogP contribution < -0.4 is 9.46 Å². The summed E-state index contributed by atoms with van der Waals surface area (Å²) in [6, 6.07) is 12.4. The Morgan fingerprint density at radius 2 is 1.84 bits per heavy atom. The molecule has 240 valence electrons. The summed E-state index contributed by atoms with van der Waals surface area (Å²) in [5, 5.41) is 1.14. The maximum atomic E-state index is 14.4. The normalized spacial score (nSPS) is 15.6. The number of nitrogens with zero attached hydrogens (tertiary/aromatic N) is 4. The Morgan fingerprint density at radius 1 is 1.13 bits per heavy atom. The molecule has 2 aliphatic heterocycles. The number of benzene rings is 2. The molecule has 0 saturated carbocycles. The quantitative estimate of drug-likeness (QED) is 0.163. The van der Waals surface area contributed by atoms with Crippen LogP contribution in [-0.4, -0.2) is 77.9 Å². The molecule has 0 aliphatic carbocycles. The molecule has 3 aromatic rings. The lowest BCUT2D eigenvalue weighted by atomic mass is 9.85. The second-order valence-electron chi connectivity index (χ2n) is 12.2. The smallest absolute Gasteiger partial charge is 0.262 e. The van der Waals surface area contributed by atoms with Crippen LogP contribution in [0.25, 0.3) is 28.2 Å². The summed E-state index contributed by atoms with van der Waals surface area (Å²) in [6.45, 7) is 12.2. The van der Waals surface area contributed by atoms with E-state index in [4.69, 9.17) is 4.74 Å². The molecule has 2 amide bonds. The van der Waals surface area contributed by atoms with Crippen molar-refractivity contribution in [2.24, 2.45) is 0 Å². The highest BCUT2D eigenvalue weighted by Crippen LogP contribution is 2.47. The number of rotatable bonds is 13. The molecular formula is C36H47N5O3S. The molecule has 1 unspecified atom stereocenters. The van der Waals surface area contributed by atoms with E-state index >= 15 is 0 Å². The zero-order valence-electron chi connectivity index (χ0n) is 27.8. The van der Waals surface area contributed by atoms with Crippen LogP contribution >= 0.6 is 12.1 Å². The molecule has 0 radical (unpaired) electrons. The van der Waals surface area contributed by atoms with Crippen LogP contribution in [0.4, 0.5) is 0 Å². The summed E-state index contributed by atoms with van der Waals surface area (Å²) in [5.74, 6) is 0.931. The van der Waals surface area contributed by atoms with Crippen molar-refractivity contribution in [1.82, 2.24) is 23.4 Å². The molecule has 1 N–H and O–H groups in total. The highest BCUT2D eigenvalue weighted by Gasteiger charge is 2.38. The molecule has 1 fully saturated rings. The molecule has 5 rings (SSSR count). The SMILES string of the molecule is C=C1C(CN(CC)C(=O)C2=Cc3c(OC)cccc3-c3c(C(CCC)CCC)c4ccc(C(=O)NSN(C)C)cc4n3C2)N1C. The van der Waals surface area contributed by atoms with Crippen LogP contribution in [0, 0.1) is 0 Å². The predicted molar refractivity (Wildman–Crippen MR) is 186 cm³/mol. The minimum atomic E-state index is -0.153. The van der Waals surface area contributed by atoms with E-state index in [0.717, 1.165) is 64.9 Å². The van der Waals surface area contributed by atoms with E-state index in [1.165, 1.54) is 17.7 Å². The lowest BCUT2D eigenvalue weighted by molar-refractivity contribution is -0.127. The van der Waals surface area contributed by atoms with Crippen LogP contribution in [-0.2, 0) is 11.3 Å². The number of amides is 2. The van der Waals surface area contributed by atoms with Gasteiger partial charge in [-0.3, -0.25) is 14.3 Å². The number of hydrogen-bond acceptors (Lipinski definition) is 6. The first kappa shape index (κ1) is 32.7. The number of likely N-dealkylation sites (N-methyl/N-ethyl adjacent to an activating group) is 2. The van der Waals surface area contributed by atoms with Crippen molar-refractivity contribution >= 4 is 40.9 Å². The second-order valence-corrected chi connectivity index (χ2v) is 13.4. The number of hydrogen-bond donors (Lipinski definition) is 1. The van der Waals surface area contributed by atoms with E-state index < -0.39 is 0 Å². The molecule has 0 bridgehead atoms. The topological polar surface area (TPSA) is 69.8 Å². The second kappa shape index (κ2) is 13.7. The molecule has 1 atom stereocenters. The first-order valence-corrected chi connectivity index (χ1v) is 16.8. The maximum Gasteiger partial charge on any atom is 0.262 e. The summed E-state index contributed by atoms with van der Waals surface area (Å²) in [6.07, 6.45) is 6.29. The van der Waals surface area contributed by atoms with Crippen molar-refractivity contribution in [3.8, 4) is 17.0 Å². The van der Waals surface area contributed by atoms with E-state index in [-0.39, 0.29) is 17.9 Å².